The van der Waals surface area contributed by atoms with Crippen LogP contribution >= 0.6 is 0 Å². The van der Waals surface area contributed by atoms with Gasteiger partial charge in [0.15, 0.2) is 11.6 Å². The lowest BCUT2D eigenvalue weighted by molar-refractivity contribution is -0.274. The maximum absolute atomic E-state index is 12.4. The SMILES string of the molecule is Cc1cc(C)n(-c2cc(Nc3nn(C)c(-c4ccc(OC(F)(F)F)cc4)c3C)ncn2)n1. The fraction of sp³-hybridized carbons (Fsp3) is 0.238. The van der Waals surface area contributed by atoms with E-state index in [1.807, 2.05) is 26.8 Å². The normalized spacial score (nSPS) is 11.6. The molecule has 0 bridgehead atoms. The van der Waals surface area contributed by atoms with Crippen LogP contribution in [0.2, 0.25) is 0 Å². The predicted octanol–water partition coefficient (Wildman–Crippen LogP) is 4.63. The van der Waals surface area contributed by atoms with E-state index in [1.165, 1.54) is 18.5 Å². The number of halogens is 3. The molecule has 0 unspecified atom stereocenters. The Morgan fingerprint density at radius 1 is 0.969 bits per heavy atom. The van der Waals surface area contributed by atoms with E-state index in [1.54, 1.807) is 34.6 Å². The van der Waals surface area contributed by atoms with Gasteiger partial charge in [-0.15, -0.1) is 13.2 Å². The van der Waals surface area contributed by atoms with Crippen LogP contribution in [0.5, 0.6) is 5.75 Å². The Labute approximate surface area is 181 Å². The van der Waals surface area contributed by atoms with E-state index < -0.39 is 6.36 Å². The lowest BCUT2D eigenvalue weighted by atomic mass is 10.1. The summed E-state index contributed by atoms with van der Waals surface area (Å²) < 4.78 is 44.5. The molecule has 166 valence electrons. The van der Waals surface area contributed by atoms with E-state index in [0.717, 1.165) is 22.6 Å². The summed E-state index contributed by atoms with van der Waals surface area (Å²) in [6.07, 6.45) is -3.29. The number of hydrogen-bond acceptors (Lipinski definition) is 6. The van der Waals surface area contributed by atoms with Gasteiger partial charge in [0.1, 0.15) is 17.9 Å². The van der Waals surface area contributed by atoms with E-state index in [-0.39, 0.29) is 5.75 Å². The Kier molecular flexibility index (Phi) is 5.33. The van der Waals surface area contributed by atoms with Crippen molar-refractivity contribution < 1.29 is 17.9 Å². The topological polar surface area (TPSA) is 82.7 Å². The first-order valence-electron chi connectivity index (χ1n) is 9.63. The van der Waals surface area contributed by atoms with Gasteiger partial charge in [-0.25, -0.2) is 14.6 Å². The Balaban J connectivity index is 1.60. The van der Waals surface area contributed by atoms with Crippen molar-refractivity contribution >= 4 is 11.6 Å². The summed E-state index contributed by atoms with van der Waals surface area (Å²) in [5.74, 6) is 1.43. The average molecular weight is 443 g/mol. The summed E-state index contributed by atoms with van der Waals surface area (Å²) in [7, 11) is 1.76. The third kappa shape index (κ3) is 4.41. The first-order chi connectivity index (χ1) is 15.1. The van der Waals surface area contributed by atoms with Crippen molar-refractivity contribution in [1.29, 1.82) is 0 Å². The van der Waals surface area contributed by atoms with Crippen LogP contribution in [-0.4, -0.2) is 35.9 Å². The highest BCUT2D eigenvalue weighted by Crippen LogP contribution is 2.31. The molecule has 4 rings (SSSR count). The molecular weight excluding hydrogens is 423 g/mol. The number of rotatable bonds is 5. The molecule has 1 aromatic carbocycles. The molecule has 1 N–H and O–H groups in total. The van der Waals surface area contributed by atoms with Gasteiger partial charge in [0.2, 0.25) is 0 Å². The van der Waals surface area contributed by atoms with Crippen LogP contribution in [0.3, 0.4) is 0 Å². The maximum atomic E-state index is 12.4. The lowest BCUT2D eigenvalue weighted by Gasteiger charge is -2.10. The van der Waals surface area contributed by atoms with Crippen LogP contribution < -0.4 is 10.1 Å². The minimum Gasteiger partial charge on any atom is -0.406 e. The van der Waals surface area contributed by atoms with E-state index >= 15 is 0 Å². The zero-order valence-corrected chi connectivity index (χ0v) is 17.8. The Morgan fingerprint density at radius 3 is 2.31 bits per heavy atom. The minimum absolute atomic E-state index is 0.280. The molecule has 32 heavy (non-hydrogen) atoms. The molecule has 3 heterocycles. The van der Waals surface area contributed by atoms with E-state index in [9.17, 15) is 13.2 Å². The average Bonchev–Trinajstić information content (AvgIpc) is 3.19. The predicted molar refractivity (Wildman–Crippen MR) is 112 cm³/mol. The van der Waals surface area contributed by atoms with Crippen molar-refractivity contribution in [2.45, 2.75) is 27.1 Å². The van der Waals surface area contributed by atoms with Crippen LogP contribution in [0, 0.1) is 20.8 Å². The van der Waals surface area contributed by atoms with Gasteiger partial charge in [-0.1, -0.05) is 0 Å². The van der Waals surface area contributed by atoms with Gasteiger partial charge in [-0.05, 0) is 51.1 Å². The number of nitrogens with one attached hydrogen (secondary N) is 1. The number of anilines is 2. The second-order valence-electron chi connectivity index (χ2n) is 7.24. The summed E-state index contributed by atoms with van der Waals surface area (Å²) in [6.45, 7) is 5.72. The van der Waals surface area contributed by atoms with Crippen LogP contribution in [0.4, 0.5) is 24.8 Å². The second kappa shape index (κ2) is 7.98. The van der Waals surface area contributed by atoms with Crippen LogP contribution in [-0.2, 0) is 7.05 Å². The molecule has 0 saturated heterocycles. The molecule has 0 fully saturated rings. The van der Waals surface area contributed by atoms with Gasteiger partial charge in [0.25, 0.3) is 0 Å². The number of alkyl halides is 3. The number of aryl methyl sites for hydroxylation is 3. The number of aromatic nitrogens is 6. The smallest absolute Gasteiger partial charge is 0.406 e. The molecule has 3 aromatic heterocycles. The summed E-state index contributed by atoms with van der Waals surface area (Å²) in [6, 6.07) is 9.37. The molecule has 11 heteroatoms. The van der Waals surface area contributed by atoms with Gasteiger partial charge in [-0.3, -0.25) is 4.68 Å². The van der Waals surface area contributed by atoms with Crippen LogP contribution in [0.15, 0.2) is 42.7 Å². The van der Waals surface area contributed by atoms with Crippen LogP contribution in [0.25, 0.3) is 17.1 Å². The van der Waals surface area contributed by atoms with Gasteiger partial charge in [-0.2, -0.15) is 10.2 Å². The second-order valence-corrected chi connectivity index (χ2v) is 7.24. The van der Waals surface area contributed by atoms with E-state index in [4.69, 9.17) is 0 Å². The third-order valence-corrected chi connectivity index (χ3v) is 4.77. The molecule has 0 radical (unpaired) electrons. The van der Waals surface area contributed by atoms with E-state index in [0.29, 0.717) is 23.0 Å². The molecule has 0 aliphatic heterocycles. The molecule has 0 amide bonds. The molecule has 0 aliphatic rings. The summed E-state index contributed by atoms with van der Waals surface area (Å²) >= 11 is 0. The first kappa shape index (κ1) is 21.3. The Bertz CT molecular complexity index is 1260. The Morgan fingerprint density at radius 2 is 1.69 bits per heavy atom. The lowest BCUT2D eigenvalue weighted by Crippen LogP contribution is -2.16. The fourth-order valence-electron chi connectivity index (χ4n) is 3.48. The standard InChI is InChI=1S/C21H20F3N7O/c1-12-9-13(2)31(28-12)18-10-17(25-11-26-18)27-20-14(3)19(30(4)29-20)15-5-7-16(8-6-15)32-21(22,23)24/h5-11H,1-4H3,(H,25,26,27,29). The minimum atomic E-state index is -4.73. The van der Waals surface area contributed by atoms with Crippen molar-refractivity contribution in [3.05, 3.63) is 59.7 Å². The zero-order chi connectivity index (χ0) is 23.0. The van der Waals surface area contributed by atoms with Crippen LogP contribution in [0.1, 0.15) is 17.0 Å². The molecule has 4 aromatic rings. The monoisotopic (exact) mass is 443 g/mol. The van der Waals surface area contributed by atoms with Crippen molar-refractivity contribution in [2.75, 3.05) is 5.32 Å². The first-order valence-corrected chi connectivity index (χ1v) is 9.63. The zero-order valence-electron chi connectivity index (χ0n) is 17.8. The van der Waals surface area contributed by atoms with Crippen molar-refractivity contribution in [3.8, 4) is 22.8 Å². The highest BCUT2D eigenvalue weighted by atomic mass is 19.4. The van der Waals surface area contributed by atoms with Crippen molar-refractivity contribution in [1.82, 2.24) is 29.5 Å². The van der Waals surface area contributed by atoms with E-state index in [2.05, 4.69) is 30.2 Å². The highest BCUT2D eigenvalue weighted by Gasteiger charge is 2.31. The largest absolute Gasteiger partial charge is 0.573 e. The summed E-state index contributed by atoms with van der Waals surface area (Å²) in [4.78, 5) is 8.54. The molecule has 0 atom stereocenters. The Hall–Kier alpha value is -3.89. The number of hydrogen-bond donors (Lipinski definition) is 1. The summed E-state index contributed by atoms with van der Waals surface area (Å²) in [5.41, 5.74) is 4.09. The van der Waals surface area contributed by atoms with Gasteiger partial charge < -0.3 is 10.1 Å². The quantitative estimate of drug-likeness (QED) is 0.484. The number of ether oxygens (including phenoxy) is 1. The molecule has 8 nitrogen and oxygen atoms in total. The van der Waals surface area contributed by atoms with Crippen molar-refractivity contribution in [3.63, 3.8) is 0 Å². The maximum Gasteiger partial charge on any atom is 0.573 e. The summed E-state index contributed by atoms with van der Waals surface area (Å²) in [5, 5.41) is 12.1. The molecule has 0 aliphatic carbocycles. The molecule has 0 spiro atoms. The van der Waals surface area contributed by atoms with Crippen molar-refractivity contribution in [2.24, 2.45) is 7.05 Å². The number of nitrogens with zero attached hydrogens (tertiary/aromatic N) is 6. The van der Waals surface area contributed by atoms with Gasteiger partial charge in [0.05, 0.1) is 11.4 Å². The van der Waals surface area contributed by atoms with Gasteiger partial charge in [0, 0.05) is 29.9 Å². The highest BCUT2D eigenvalue weighted by molar-refractivity contribution is 5.71. The fourth-order valence-corrected chi connectivity index (χ4v) is 3.48. The number of benzene rings is 1. The van der Waals surface area contributed by atoms with Gasteiger partial charge >= 0.3 is 6.36 Å². The molecule has 0 saturated carbocycles. The third-order valence-electron chi connectivity index (χ3n) is 4.77. The molecular formula is C21H20F3N7O.